The molecule has 1 atom stereocenters. The Balaban J connectivity index is 2.35. The summed E-state index contributed by atoms with van der Waals surface area (Å²) in [5.74, 6) is -2.01. The van der Waals surface area contributed by atoms with E-state index in [1.165, 1.54) is 0 Å². The normalized spacial score (nSPS) is 19.0. The van der Waals surface area contributed by atoms with E-state index < -0.39 is 23.8 Å². The van der Waals surface area contributed by atoms with Crippen molar-refractivity contribution in [2.24, 2.45) is 11.8 Å². The van der Waals surface area contributed by atoms with Gasteiger partial charge in [-0.1, -0.05) is 13.8 Å². The van der Waals surface area contributed by atoms with Crippen LogP contribution in [0.2, 0.25) is 0 Å². The number of barbiturate groups is 1. The second-order valence-corrected chi connectivity index (χ2v) is 5.60. The van der Waals surface area contributed by atoms with E-state index in [1.807, 2.05) is 31.1 Å². The Kier molecular flexibility index (Phi) is 3.97. The summed E-state index contributed by atoms with van der Waals surface area (Å²) in [4.78, 5) is 39.1. The first-order valence-corrected chi connectivity index (χ1v) is 6.79. The number of carbonyl (C=O) groups is 3. The molecule has 1 heterocycles. The number of carbonyl (C=O) groups excluding carboxylic acids is 3. The van der Waals surface area contributed by atoms with Gasteiger partial charge in [-0.2, -0.15) is 0 Å². The Morgan fingerprint density at radius 1 is 1.10 bits per heavy atom. The molecule has 0 aliphatic carbocycles. The highest BCUT2D eigenvalue weighted by Gasteiger charge is 2.42. The van der Waals surface area contributed by atoms with E-state index in [2.05, 4.69) is 5.32 Å². The topological polar surface area (TPSA) is 69.7 Å². The zero-order chi connectivity index (χ0) is 15.7. The zero-order valence-electron chi connectivity index (χ0n) is 12.6. The number of hydrogen-bond acceptors (Lipinski definition) is 4. The van der Waals surface area contributed by atoms with Crippen LogP contribution in [0.15, 0.2) is 24.3 Å². The predicted molar refractivity (Wildman–Crippen MR) is 80.1 cm³/mol. The smallest absolute Gasteiger partial charge is 0.335 e. The predicted octanol–water partition coefficient (Wildman–Crippen LogP) is 1.61. The van der Waals surface area contributed by atoms with Crippen LogP contribution in [0.3, 0.4) is 0 Å². The van der Waals surface area contributed by atoms with Gasteiger partial charge in [-0.15, -0.1) is 0 Å². The molecule has 0 spiro atoms. The van der Waals surface area contributed by atoms with E-state index in [0.29, 0.717) is 5.69 Å². The molecule has 2 rings (SSSR count). The average molecular weight is 289 g/mol. The lowest BCUT2D eigenvalue weighted by Gasteiger charge is -2.32. The summed E-state index contributed by atoms with van der Waals surface area (Å²) in [7, 11) is 3.81. The summed E-state index contributed by atoms with van der Waals surface area (Å²) >= 11 is 0. The van der Waals surface area contributed by atoms with Gasteiger partial charge in [0.2, 0.25) is 11.8 Å². The first-order chi connectivity index (χ1) is 9.82. The molecule has 21 heavy (non-hydrogen) atoms. The largest absolute Gasteiger partial charge is 0.378 e. The number of imide groups is 2. The third-order valence-electron chi connectivity index (χ3n) is 3.49. The second-order valence-electron chi connectivity index (χ2n) is 5.60. The lowest BCUT2D eigenvalue weighted by Crippen LogP contribution is -2.59. The Labute approximate surface area is 123 Å². The Bertz CT molecular complexity index is 578. The molecule has 1 saturated heterocycles. The van der Waals surface area contributed by atoms with Crippen LogP contribution in [-0.4, -0.2) is 31.9 Å². The van der Waals surface area contributed by atoms with Gasteiger partial charge >= 0.3 is 6.03 Å². The van der Waals surface area contributed by atoms with Gasteiger partial charge < -0.3 is 4.90 Å². The Hall–Kier alpha value is -2.37. The lowest BCUT2D eigenvalue weighted by molar-refractivity contribution is -0.136. The molecule has 1 unspecified atom stereocenters. The van der Waals surface area contributed by atoms with Crippen molar-refractivity contribution < 1.29 is 14.4 Å². The van der Waals surface area contributed by atoms with Crippen LogP contribution in [0.4, 0.5) is 16.2 Å². The number of urea groups is 1. The van der Waals surface area contributed by atoms with E-state index in [0.717, 1.165) is 10.6 Å². The van der Waals surface area contributed by atoms with Crippen molar-refractivity contribution in [1.82, 2.24) is 5.32 Å². The van der Waals surface area contributed by atoms with Crippen LogP contribution < -0.4 is 15.1 Å². The fourth-order valence-electron chi connectivity index (χ4n) is 2.32. The van der Waals surface area contributed by atoms with E-state index in [9.17, 15) is 14.4 Å². The van der Waals surface area contributed by atoms with Crippen molar-refractivity contribution in [3.05, 3.63) is 24.3 Å². The van der Waals surface area contributed by atoms with Gasteiger partial charge in [0.25, 0.3) is 0 Å². The highest BCUT2D eigenvalue weighted by molar-refractivity contribution is 6.27. The number of rotatable bonds is 3. The molecule has 1 fully saturated rings. The van der Waals surface area contributed by atoms with Gasteiger partial charge in [-0.25, -0.2) is 9.69 Å². The van der Waals surface area contributed by atoms with E-state index >= 15 is 0 Å². The van der Waals surface area contributed by atoms with Crippen LogP contribution in [0.5, 0.6) is 0 Å². The maximum Gasteiger partial charge on any atom is 0.335 e. The molecule has 0 bridgehead atoms. The highest BCUT2D eigenvalue weighted by Crippen LogP contribution is 2.26. The maximum absolute atomic E-state index is 12.4. The van der Waals surface area contributed by atoms with Crippen LogP contribution in [0, 0.1) is 11.8 Å². The number of nitrogens with zero attached hydrogens (tertiary/aromatic N) is 2. The number of nitrogens with one attached hydrogen (secondary N) is 1. The Morgan fingerprint density at radius 3 is 2.14 bits per heavy atom. The minimum atomic E-state index is -0.837. The van der Waals surface area contributed by atoms with Crippen LogP contribution in [-0.2, 0) is 9.59 Å². The molecular formula is C15H19N3O3. The average Bonchev–Trinajstić information content (AvgIpc) is 2.38. The monoisotopic (exact) mass is 289 g/mol. The van der Waals surface area contributed by atoms with Gasteiger partial charge in [0, 0.05) is 19.8 Å². The summed E-state index contributed by atoms with van der Waals surface area (Å²) in [6.45, 7) is 3.57. The third kappa shape index (κ3) is 2.74. The summed E-state index contributed by atoms with van der Waals surface area (Å²) in [5.41, 5.74) is 1.42. The Morgan fingerprint density at radius 2 is 1.67 bits per heavy atom. The molecule has 112 valence electrons. The summed E-state index contributed by atoms with van der Waals surface area (Å²) in [6, 6.07) is 6.33. The molecule has 6 heteroatoms. The molecule has 0 aromatic heterocycles. The van der Waals surface area contributed by atoms with Gasteiger partial charge in [0.1, 0.15) is 5.92 Å². The van der Waals surface area contributed by atoms with E-state index in [4.69, 9.17) is 0 Å². The number of amides is 4. The SMILES string of the molecule is CC(C)C1C(=O)NC(=O)N(c2ccc(N(C)C)cc2)C1=O. The molecule has 6 nitrogen and oxygen atoms in total. The van der Waals surface area contributed by atoms with Gasteiger partial charge in [0.05, 0.1) is 5.69 Å². The van der Waals surface area contributed by atoms with Crippen molar-refractivity contribution in [3.8, 4) is 0 Å². The summed E-state index contributed by atoms with van der Waals surface area (Å²) in [5, 5.41) is 2.24. The molecule has 1 aliphatic heterocycles. The number of anilines is 2. The van der Waals surface area contributed by atoms with Crippen molar-refractivity contribution in [3.63, 3.8) is 0 Å². The van der Waals surface area contributed by atoms with Gasteiger partial charge in [0.15, 0.2) is 0 Å². The number of hydrogen-bond donors (Lipinski definition) is 1. The van der Waals surface area contributed by atoms with Crippen LogP contribution in [0.25, 0.3) is 0 Å². The summed E-state index contributed by atoms with van der Waals surface area (Å²) in [6.07, 6.45) is 0. The minimum Gasteiger partial charge on any atom is -0.378 e. The lowest BCUT2D eigenvalue weighted by atomic mass is 9.92. The van der Waals surface area contributed by atoms with Gasteiger partial charge in [-0.3, -0.25) is 14.9 Å². The van der Waals surface area contributed by atoms with Crippen molar-refractivity contribution in [2.75, 3.05) is 23.9 Å². The minimum absolute atomic E-state index is 0.172. The molecule has 1 aromatic carbocycles. The molecule has 0 radical (unpaired) electrons. The summed E-state index contributed by atoms with van der Waals surface area (Å²) < 4.78 is 0. The zero-order valence-corrected chi connectivity index (χ0v) is 12.6. The van der Waals surface area contributed by atoms with E-state index in [1.54, 1.807) is 26.0 Å². The van der Waals surface area contributed by atoms with Gasteiger partial charge in [-0.05, 0) is 30.2 Å². The van der Waals surface area contributed by atoms with Crippen LogP contribution in [0.1, 0.15) is 13.8 Å². The molecule has 1 aliphatic rings. The number of benzene rings is 1. The van der Waals surface area contributed by atoms with Crippen molar-refractivity contribution in [1.29, 1.82) is 0 Å². The first-order valence-electron chi connectivity index (χ1n) is 6.79. The second kappa shape index (κ2) is 5.55. The fraction of sp³-hybridized carbons (Fsp3) is 0.400. The maximum atomic E-state index is 12.4. The van der Waals surface area contributed by atoms with Crippen LogP contribution >= 0.6 is 0 Å². The fourth-order valence-corrected chi connectivity index (χ4v) is 2.32. The quantitative estimate of drug-likeness (QED) is 0.858. The first kappa shape index (κ1) is 15.0. The molecule has 1 N–H and O–H groups in total. The van der Waals surface area contributed by atoms with Crippen molar-refractivity contribution >= 4 is 29.2 Å². The highest BCUT2D eigenvalue weighted by atomic mass is 16.2. The molecule has 4 amide bonds. The standard InChI is InChI=1S/C15H19N3O3/c1-9(2)12-13(19)16-15(21)18(14(12)20)11-7-5-10(6-8-11)17(3)4/h5-9,12H,1-4H3,(H,16,19,21). The van der Waals surface area contributed by atoms with E-state index in [-0.39, 0.29) is 5.92 Å². The molecule has 1 aromatic rings. The molecule has 0 saturated carbocycles. The third-order valence-corrected chi connectivity index (χ3v) is 3.49. The molecular weight excluding hydrogens is 270 g/mol. The van der Waals surface area contributed by atoms with Crippen molar-refractivity contribution in [2.45, 2.75) is 13.8 Å².